The van der Waals surface area contributed by atoms with E-state index in [0.29, 0.717) is 18.8 Å². The zero-order valence-corrected chi connectivity index (χ0v) is 15.1. The topological polar surface area (TPSA) is 72.9 Å². The summed E-state index contributed by atoms with van der Waals surface area (Å²) in [4.78, 5) is 37.5. The van der Waals surface area contributed by atoms with Gasteiger partial charge in [0.05, 0.1) is 6.61 Å². The molecule has 0 radical (unpaired) electrons. The standard InChI is InChI=1S/C21H21NO5/c1-2-26-21(25)20(24)16-7-9-18(10-8-16)27-14-19(23)22-12-11-15-5-3-4-6-17(15)13-22/h3-10H,2,11-14H2,1H3. The number of carbonyl (C=O) groups excluding carboxylic acids is 3. The average Bonchev–Trinajstić information content (AvgIpc) is 2.71. The van der Waals surface area contributed by atoms with E-state index in [1.807, 2.05) is 18.2 Å². The van der Waals surface area contributed by atoms with Crippen LogP contribution in [0.3, 0.4) is 0 Å². The van der Waals surface area contributed by atoms with Crippen LogP contribution in [0.2, 0.25) is 0 Å². The zero-order valence-electron chi connectivity index (χ0n) is 15.1. The molecule has 6 nitrogen and oxygen atoms in total. The van der Waals surface area contributed by atoms with E-state index in [1.165, 1.54) is 23.3 Å². The lowest BCUT2D eigenvalue weighted by Gasteiger charge is -2.28. The largest absolute Gasteiger partial charge is 0.484 e. The lowest BCUT2D eigenvalue weighted by molar-refractivity contribution is -0.137. The third kappa shape index (κ3) is 4.53. The maximum absolute atomic E-state index is 12.4. The number of ketones is 1. The summed E-state index contributed by atoms with van der Waals surface area (Å²) < 4.78 is 10.2. The second-order valence-corrected chi connectivity index (χ2v) is 6.20. The van der Waals surface area contributed by atoms with Gasteiger partial charge in [-0.25, -0.2) is 4.79 Å². The first kappa shape index (κ1) is 18.6. The highest BCUT2D eigenvalue weighted by Crippen LogP contribution is 2.19. The summed E-state index contributed by atoms with van der Waals surface area (Å²) in [6.07, 6.45) is 0.840. The third-order valence-electron chi connectivity index (χ3n) is 4.42. The summed E-state index contributed by atoms with van der Waals surface area (Å²) in [5.41, 5.74) is 2.67. The number of Topliss-reactive ketones (excluding diaryl/α,β-unsaturated/α-hetero) is 1. The summed E-state index contributed by atoms with van der Waals surface area (Å²) >= 11 is 0. The van der Waals surface area contributed by atoms with Gasteiger partial charge >= 0.3 is 5.97 Å². The summed E-state index contributed by atoms with van der Waals surface area (Å²) in [5.74, 6) is -1.21. The Labute approximate surface area is 157 Å². The SMILES string of the molecule is CCOC(=O)C(=O)c1ccc(OCC(=O)N2CCc3ccccc3C2)cc1. The Morgan fingerprint density at radius 2 is 1.70 bits per heavy atom. The monoisotopic (exact) mass is 367 g/mol. The molecule has 1 aliphatic heterocycles. The molecule has 0 fully saturated rings. The number of amides is 1. The van der Waals surface area contributed by atoms with Crippen molar-refractivity contribution in [1.29, 1.82) is 0 Å². The van der Waals surface area contributed by atoms with Crippen LogP contribution in [0.4, 0.5) is 0 Å². The molecule has 140 valence electrons. The van der Waals surface area contributed by atoms with Crippen LogP contribution in [0.5, 0.6) is 5.75 Å². The second-order valence-electron chi connectivity index (χ2n) is 6.20. The molecule has 0 bridgehead atoms. The average molecular weight is 367 g/mol. The van der Waals surface area contributed by atoms with E-state index in [-0.39, 0.29) is 24.7 Å². The summed E-state index contributed by atoms with van der Waals surface area (Å²) in [5, 5.41) is 0. The number of esters is 1. The van der Waals surface area contributed by atoms with Gasteiger partial charge in [0.15, 0.2) is 6.61 Å². The van der Waals surface area contributed by atoms with Crippen LogP contribution in [0, 0.1) is 0 Å². The van der Waals surface area contributed by atoms with Crippen molar-refractivity contribution in [3.63, 3.8) is 0 Å². The minimum absolute atomic E-state index is 0.0761. The number of nitrogens with zero attached hydrogens (tertiary/aromatic N) is 1. The van der Waals surface area contributed by atoms with E-state index >= 15 is 0 Å². The predicted octanol–water partition coefficient (Wildman–Crippen LogP) is 2.40. The Hall–Kier alpha value is -3.15. The summed E-state index contributed by atoms with van der Waals surface area (Å²) in [7, 11) is 0. The van der Waals surface area contributed by atoms with Crippen LogP contribution in [-0.2, 0) is 27.3 Å². The molecule has 1 heterocycles. The zero-order chi connectivity index (χ0) is 19.2. The fourth-order valence-electron chi connectivity index (χ4n) is 2.96. The Bertz CT molecular complexity index is 844. The molecule has 0 N–H and O–H groups in total. The van der Waals surface area contributed by atoms with Gasteiger partial charge in [-0.15, -0.1) is 0 Å². The van der Waals surface area contributed by atoms with Crippen LogP contribution >= 0.6 is 0 Å². The van der Waals surface area contributed by atoms with Crippen molar-refractivity contribution in [2.24, 2.45) is 0 Å². The number of ether oxygens (including phenoxy) is 2. The van der Waals surface area contributed by atoms with E-state index in [9.17, 15) is 14.4 Å². The Morgan fingerprint density at radius 3 is 2.41 bits per heavy atom. The fourth-order valence-corrected chi connectivity index (χ4v) is 2.96. The van der Waals surface area contributed by atoms with E-state index in [2.05, 4.69) is 10.8 Å². The molecule has 1 amide bonds. The smallest absolute Gasteiger partial charge is 0.379 e. The lowest BCUT2D eigenvalue weighted by Crippen LogP contribution is -2.38. The molecule has 1 aliphatic rings. The molecular weight excluding hydrogens is 346 g/mol. The van der Waals surface area contributed by atoms with Crippen LogP contribution < -0.4 is 4.74 Å². The maximum Gasteiger partial charge on any atom is 0.379 e. The highest BCUT2D eigenvalue weighted by molar-refractivity contribution is 6.40. The van der Waals surface area contributed by atoms with Crippen molar-refractivity contribution in [3.8, 4) is 5.75 Å². The minimum Gasteiger partial charge on any atom is -0.484 e. The van der Waals surface area contributed by atoms with Crippen LogP contribution in [0.25, 0.3) is 0 Å². The third-order valence-corrected chi connectivity index (χ3v) is 4.42. The molecule has 0 saturated carbocycles. The number of hydrogen-bond acceptors (Lipinski definition) is 5. The number of rotatable bonds is 6. The van der Waals surface area contributed by atoms with Crippen molar-refractivity contribution >= 4 is 17.7 Å². The highest BCUT2D eigenvalue weighted by atomic mass is 16.5. The molecular formula is C21H21NO5. The van der Waals surface area contributed by atoms with Crippen molar-refractivity contribution in [2.75, 3.05) is 19.8 Å². The van der Waals surface area contributed by atoms with E-state index < -0.39 is 11.8 Å². The first-order chi connectivity index (χ1) is 13.1. The van der Waals surface area contributed by atoms with Gasteiger partial charge in [0.2, 0.25) is 0 Å². The minimum atomic E-state index is -0.883. The molecule has 0 atom stereocenters. The Balaban J connectivity index is 1.54. The molecule has 0 unspecified atom stereocenters. The maximum atomic E-state index is 12.4. The fraction of sp³-hybridized carbons (Fsp3) is 0.286. The van der Waals surface area contributed by atoms with Gasteiger partial charge in [-0.1, -0.05) is 24.3 Å². The first-order valence-corrected chi connectivity index (χ1v) is 8.87. The summed E-state index contributed by atoms with van der Waals surface area (Å²) in [6, 6.07) is 14.2. The van der Waals surface area contributed by atoms with Gasteiger partial charge in [-0.2, -0.15) is 0 Å². The van der Waals surface area contributed by atoms with Crippen LogP contribution in [0.1, 0.15) is 28.4 Å². The number of carbonyl (C=O) groups is 3. The molecule has 6 heteroatoms. The van der Waals surface area contributed by atoms with Gasteiger partial charge in [-0.3, -0.25) is 9.59 Å². The van der Waals surface area contributed by atoms with Gasteiger partial charge in [0, 0.05) is 18.7 Å². The normalized spacial score (nSPS) is 12.9. The number of hydrogen-bond donors (Lipinski definition) is 0. The lowest BCUT2D eigenvalue weighted by atomic mass is 10.00. The molecule has 0 spiro atoms. The molecule has 27 heavy (non-hydrogen) atoms. The van der Waals surface area contributed by atoms with Crippen molar-refractivity contribution in [1.82, 2.24) is 4.90 Å². The summed E-state index contributed by atoms with van der Waals surface area (Å²) in [6.45, 7) is 2.97. The van der Waals surface area contributed by atoms with Gasteiger partial charge < -0.3 is 14.4 Å². The van der Waals surface area contributed by atoms with Gasteiger partial charge in [-0.05, 0) is 48.7 Å². The van der Waals surface area contributed by atoms with Crippen molar-refractivity contribution in [2.45, 2.75) is 19.9 Å². The highest BCUT2D eigenvalue weighted by Gasteiger charge is 2.21. The number of benzene rings is 2. The second kappa shape index (κ2) is 8.49. The van der Waals surface area contributed by atoms with Crippen LogP contribution in [0.15, 0.2) is 48.5 Å². The van der Waals surface area contributed by atoms with Crippen molar-refractivity contribution in [3.05, 3.63) is 65.2 Å². The van der Waals surface area contributed by atoms with Gasteiger partial charge in [0.1, 0.15) is 5.75 Å². The van der Waals surface area contributed by atoms with E-state index in [1.54, 1.807) is 24.0 Å². The number of fused-ring (bicyclic) bond motifs is 1. The first-order valence-electron chi connectivity index (χ1n) is 8.87. The molecule has 3 rings (SSSR count). The van der Waals surface area contributed by atoms with Gasteiger partial charge in [0.25, 0.3) is 11.7 Å². The Morgan fingerprint density at radius 1 is 1.00 bits per heavy atom. The Kier molecular flexibility index (Phi) is 5.86. The van der Waals surface area contributed by atoms with Crippen molar-refractivity contribution < 1.29 is 23.9 Å². The van der Waals surface area contributed by atoms with Crippen LogP contribution in [-0.4, -0.2) is 42.3 Å². The molecule has 0 saturated heterocycles. The molecule has 0 aliphatic carbocycles. The predicted molar refractivity (Wildman–Crippen MR) is 98.5 cm³/mol. The molecule has 0 aromatic heterocycles. The molecule has 2 aromatic rings. The van der Waals surface area contributed by atoms with E-state index in [0.717, 1.165) is 6.42 Å². The quantitative estimate of drug-likeness (QED) is 0.445. The van der Waals surface area contributed by atoms with E-state index in [4.69, 9.17) is 4.74 Å². The molecule has 2 aromatic carbocycles.